The van der Waals surface area contributed by atoms with Crippen LogP contribution in [0.3, 0.4) is 0 Å². The Hall–Kier alpha value is -1.43. The second-order valence-electron chi connectivity index (χ2n) is 4.98. The van der Waals surface area contributed by atoms with E-state index in [4.69, 9.17) is 10.8 Å². The van der Waals surface area contributed by atoms with Crippen LogP contribution in [-0.2, 0) is 14.4 Å². The van der Waals surface area contributed by atoms with Crippen molar-refractivity contribution in [2.75, 3.05) is 6.54 Å². The summed E-state index contributed by atoms with van der Waals surface area (Å²) in [6, 6.07) is -0.897. The van der Waals surface area contributed by atoms with Crippen LogP contribution in [-0.4, -0.2) is 35.4 Å². The SMILES string of the molecule is CCCCCCCC(=O)CNC(CCC(N)=O)C(=O)O. The summed E-state index contributed by atoms with van der Waals surface area (Å²) in [5, 5.41) is 11.6. The summed E-state index contributed by atoms with van der Waals surface area (Å²) < 4.78 is 0. The number of hydrogen-bond donors (Lipinski definition) is 3. The number of aliphatic carboxylic acids is 1. The molecule has 0 aromatic rings. The van der Waals surface area contributed by atoms with E-state index in [2.05, 4.69) is 12.2 Å². The van der Waals surface area contributed by atoms with E-state index < -0.39 is 17.9 Å². The molecule has 6 nitrogen and oxygen atoms in total. The highest BCUT2D eigenvalue weighted by molar-refractivity contribution is 5.82. The predicted molar refractivity (Wildman–Crippen MR) is 76.2 cm³/mol. The molecule has 116 valence electrons. The van der Waals surface area contributed by atoms with Crippen molar-refractivity contribution in [1.82, 2.24) is 5.32 Å². The summed E-state index contributed by atoms with van der Waals surface area (Å²) in [7, 11) is 0. The van der Waals surface area contributed by atoms with Gasteiger partial charge in [0, 0.05) is 12.8 Å². The monoisotopic (exact) mass is 286 g/mol. The minimum Gasteiger partial charge on any atom is -0.480 e. The number of carboxylic acid groups (broad SMARTS) is 1. The summed E-state index contributed by atoms with van der Waals surface area (Å²) in [6.45, 7) is 2.16. The first-order chi connectivity index (χ1) is 9.47. The molecule has 0 aromatic heterocycles. The molecular weight excluding hydrogens is 260 g/mol. The zero-order valence-corrected chi connectivity index (χ0v) is 12.2. The topological polar surface area (TPSA) is 109 Å². The largest absolute Gasteiger partial charge is 0.480 e. The van der Waals surface area contributed by atoms with Crippen molar-refractivity contribution >= 4 is 17.7 Å². The van der Waals surface area contributed by atoms with E-state index in [9.17, 15) is 14.4 Å². The van der Waals surface area contributed by atoms with Gasteiger partial charge >= 0.3 is 5.97 Å². The third-order valence-corrected chi connectivity index (χ3v) is 3.08. The molecule has 20 heavy (non-hydrogen) atoms. The quantitative estimate of drug-likeness (QED) is 0.441. The number of primary amides is 1. The summed E-state index contributed by atoms with van der Waals surface area (Å²) in [6.07, 6.45) is 5.93. The van der Waals surface area contributed by atoms with Crippen LogP contribution in [0.15, 0.2) is 0 Å². The van der Waals surface area contributed by atoms with Crippen LogP contribution in [0.5, 0.6) is 0 Å². The van der Waals surface area contributed by atoms with Gasteiger partial charge in [0.2, 0.25) is 5.91 Å². The highest BCUT2D eigenvalue weighted by atomic mass is 16.4. The van der Waals surface area contributed by atoms with Gasteiger partial charge in [-0.25, -0.2) is 0 Å². The first-order valence-electron chi connectivity index (χ1n) is 7.23. The second-order valence-corrected chi connectivity index (χ2v) is 4.98. The predicted octanol–water partition coefficient (Wildman–Crippen LogP) is 1.22. The normalized spacial score (nSPS) is 12.1. The lowest BCUT2D eigenvalue weighted by molar-refractivity contribution is -0.139. The fraction of sp³-hybridized carbons (Fsp3) is 0.786. The van der Waals surface area contributed by atoms with Crippen molar-refractivity contribution in [1.29, 1.82) is 0 Å². The zero-order valence-electron chi connectivity index (χ0n) is 12.2. The first kappa shape index (κ1) is 18.6. The van der Waals surface area contributed by atoms with Crippen LogP contribution >= 0.6 is 0 Å². The third kappa shape index (κ3) is 10.5. The first-order valence-corrected chi connectivity index (χ1v) is 7.23. The van der Waals surface area contributed by atoms with Crippen molar-refractivity contribution in [3.8, 4) is 0 Å². The minimum atomic E-state index is -1.07. The number of Topliss-reactive ketones (excluding diaryl/α,β-unsaturated/α-hetero) is 1. The van der Waals surface area contributed by atoms with Gasteiger partial charge in [0.1, 0.15) is 11.8 Å². The van der Waals surface area contributed by atoms with Gasteiger partial charge < -0.3 is 10.8 Å². The lowest BCUT2D eigenvalue weighted by atomic mass is 10.1. The molecule has 0 saturated heterocycles. The van der Waals surface area contributed by atoms with Gasteiger partial charge in [-0.05, 0) is 12.8 Å². The molecule has 0 aromatic carbocycles. The summed E-state index contributed by atoms with van der Waals surface area (Å²) in [4.78, 5) is 33.2. The van der Waals surface area contributed by atoms with Crippen LogP contribution in [0.25, 0.3) is 0 Å². The van der Waals surface area contributed by atoms with E-state index in [1.54, 1.807) is 0 Å². The van der Waals surface area contributed by atoms with Crippen LogP contribution < -0.4 is 11.1 Å². The number of nitrogens with one attached hydrogen (secondary N) is 1. The van der Waals surface area contributed by atoms with Gasteiger partial charge in [-0.15, -0.1) is 0 Å². The van der Waals surface area contributed by atoms with E-state index in [0.29, 0.717) is 6.42 Å². The number of ketones is 1. The molecule has 0 radical (unpaired) electrons. The Labute approximate surface area is 120 Å². The number of carbonyl (C=O) groups is 3. The van der Waals surface area contributed by atoms with Crippen molar-refractivity contribution in [3.63, 3.8) is 0 Å². The van der Waals surface area contributed by atoms with Gasteiger partial charge in [-0.1, -0.05) is 32.6 Å². The van der Waals surface area contributed by atoms with Crippen molar-refractivity contribution in [2.45, 2.75) is 64.3 Å². The van der Waals surface area contributed by atoms with E-state index >= 15 is 0 Å². The molecule has 1 amide bonds. The number of nitrogens with two attached hydrogens (primary N) is 1. The van der Waals surface area contributed by atoms with Crippen LogP contribution in [0.4, 0.5) is 0 Å². The molecule has 0 spiro atoms. The maximum Gasteiger partial charge on any atom is 0.320 e. The Bertz CT molecular complexity index is 318. The summed E-state index contributed by atoms with van der Waals surface area (Å²) in [5.41, 5.74) is 4.98. The molecule has 0 aliphatic heterocycles. The number of rotatable bonds is 13. The Morgan fingerprint density at radius 3 is 2.30 bits per heavy atom. The Morgan fingerprint density at radius 2 is 1.75 bits per heavy atom. The van der Waals surface area contributed by atoms with Crippen LogP contribution in [0, 0.1) is 0 Å². The highest BCUT2D eigenvalue weighted by Crippen LogP contribution is 2.05. The molecule has 6 heteroatoms. The molecule has 1 atom stereocenters. The van der Waals surface area contributed by atoms with Gasteiger partial charge in [0.05, 0.1) is 6.54 Å². The van der Waals surface area contributed by atoms with Crippen LogP contribution in [0.1, 0.15) is 58.3 Å². The number of hydrogen-bond acceptors (Lipinski definition) is 4. The Morgan fingerprint density at radius 1 is 1.10 bits per heavy atom. The average Bonchev–Trinajstić information content (AvgIpc) is 2.37. The Kier molecular flexibility index (Phi) is 10.6. The van der Waals surface area contributed by atoms with Crippen molar-refractivity contribution in [3.05, 3.63) is 0 Å². The van der Waals surface area contributed by atoms with Crippen molar-refractivity contribution < 1.29 is 19.5 Å². The van der Waals surface area contributed by atoms with Gasteiger partial charge in [0.15, 0.2) is 0 Å². The number of amides is 1. The molecular formula is C14H26N2O4. The Balaban J connectivity index is 3.82. The maximum absolute atomic E-state index is 11.6. The summed E-state index contributed by atoms with van der Waals surface area (Å²) in [5.74, 6) is -1.60. The molecule has 1 unspecified atom stereocenters. The fourth-order valence-electron chi connectivity index (χ4n) is 1.85. The molecule has 4 N–H and O–H groups in total. The standard InChI is InChI=1S/C14H26N2O4/c1-2-3-4-5-6-7-11(17)10-16-12(14(19)20)8-9-13(15)18/h12,16H,2-10H2,1H3,(H2,15,18)(H,19,20). The van der Waals surface area contributed by atoms with Gasteiger partial charge in [0.25, 0.3) is 0 Å². The molecule has 0 bridgehead atoms. The smallest absolute Gasteiger partial charge is 0.320 e. The number of carboxylic acids is 1. The minimum absolute atomic E-state index is 0.00479. The van der Waals surface area contributed by atoms with Crippen LogP contribution in [0.2, 0.25) is 0 Å². The molecule has 0 heterocycles. The number of unbranched alkanes of at least 4 members (excludes halogenated alkanes) is 4. The average molecular weight is 286 g/mol. The maximum atomic E-state index is 11.6. The lowest BCUT2D eigenvalue weighted by Crippen LogP contribution is -2.40. The third-order valence-electron chi connectivity index (χ3n) is 3.08. The van der Waals surface area contributed by atoms with E-state index in [1.165, 1.54) is 6.42 Å². The van der Waals surface area contributed by atoms with Crippen molar-refractivity contribution in [2.24, 2.45) is 5.73 Å². The number of carbonyl (C=O) groups excluding carboxylic acids is 2. The fourth-order valence-corrected chi connectivity index (χ4v) is 1.85. The molecule has 0 fully saturated rings. The second kappa shape index (κ2) is 11.4. The zero-order chi connectivity index (χ0) is 15.4. The highest BCUT2D eigenvalue weighted by Gasteiger charge is 2.18. The van der Waals surface area contributed by atoms with E-state index in [0.717, 1.165) is 25.7 Å². The summed E-state index contributed by atoms with van der Waals surface area (Å²) >= 11 is 0. The van der Waals surface area contributed by atoms with E-state index in [-0.39, 0.29) is 25.2 Å². The molecule has 0 aliphatic carbocycles. The molecule has 0 rings (SSSR count). The van der Waals surface area contributed by atoms with Gasteiger partial charge in [-0.3, -0.25) is 19.7 Å². The lowest BCUT2D eigenvalue weighted by Gasteiger charge is -2.12. The molecule has 0 saturated carbocycles. The van der Waals surface area contributed by atoms with Gasteiger partial charge in [-0.2, -0.15) is 0 Å². The van der Waals surface area contributed by atoms with E-state index in [1.807, 2.05) is 0 Å². The molecule has 0 aliphatic rings.